The Balaban J connectivity index is 1.35. The number of hydrogen-bond donors (Lipinski definition) is 2. The van der Waals surface area contributed by atoms with Gasteiger partial charge in [0, 0.05) is 12.2 Å². The van der Waals surface area contributed by atoms with E-state index < -0.39 is 17.7 Å². The number of nitrogens with one attached hydrogen (secondary N) is 2. The monoisotopic (exact) mass is 690 g/mol. The molecule has 0 amide bonds. The standard InChI is InChI=1S/C33H49F3N2O10/c1-37-9-10-40-11-12-41-13-14-42-15-16-43-17-18-44-19-20-45-21-22-46-23-24-47-25-26-48-32(39)30-7-2-3-8-31(30)38-29-6-4-5-28(27-29)33(34,35)36/h2-8,27,37-38H,9-26H2,1H3. The van der Waals surface area contributed by atoms with Crippen molar-refractivity contribution in [3.05, 3.63) is 59.7 Å². The average Bonchev–Trinajstić information content (AvgIpc) is 3.08. The number of para-hydroxylation sites is 1. The Morgan fingerprint density at radius 3 is 1.48 bits per heavy atom. The minimum Gasteiger partial charge on any atom is -0.460 e. The molecule has 0 spiro atoms. The maximum absolute atomic E-state index is 13.0. The van der Waals surface area contributed by atoms with Crippen LogP contribution in [0.3, 0.4) is 0 Å². The van der Waals surface area contributed by atoms with Crippen LogP contribution in [0.4, 0.5) is 24.5 Å². The van der Waals surface area contributed by atoms with Crippen molar-refractivity contribution in [2.75, 3.05) is 131 Å². The van der Waals surface area contributed by atoms with Gasteiger partial charge in [0.05, 0.1) is 123 Å². The van der Waals surface area contributed by atoms with Gasteiger partial charge in [0.2, 0.25) is 0 Å². The van der Waals surface area contributed by atoms with E-state index in [9.17, 15) is 18.0 Å². The van der Waals surface area contributed by atoms with E-state index in [2.05, 4.69) is 10.6 Å². The topological polar surface area (TPSA) is 124 Å². The van der Waals surface area contributed by atoms with E-state index in [4.69, 9.17) is 42.6 Å². The molecule has 0 unspecified atom stereocenters. The maximum Gasteiger partial charge on any atom is 0.416 e. The third-order valence-electron chi connectivity index (χ3n) is 6.18. The maximum atomic E-state index is 13.0. The highest BCUT2D eigenvalue weighted by Gasteiger charge is 2.30. The van der Waals surface area contributed by atoms with Crippen LogP contribution in [0, 0.1) is 0 Å². The van der Waals surface area contributed by atoms with Gasteiger partial charge in [-0.1, -0.05) is 18.2 Å². The van der Waals surface area contributed by atoms with Crippen molar-refractivity contribution in [1.82, 2.24) is 5.32 Å². The van der Waals surface area contributed by atoms with Gasteiger partial charge in [-0.15, -0.1) is 0 Å². The molecule has 0 aliphatic rings. The van der Waals surface area contributed by atoms with E-state index in [1.807, 2.05) is 7.05 Å². The van der Waals surface area contributed by atoms with E-state index >= 15 is 0 Å². The van der Waals surface area contributed by atoms with Gasteiger partial charge in [-0.05, 0) is 37.4 Å². The molecule has 2 aromatic carbocycles. The molecule has 2 aromatic rings. The average molecular weight is 691 g/mol. The third kappa shape index (κ3) is 20.5. The molecule has 272 valence electrons. The Labute approximate surface area is 280 Å². The van der Waals surface area contributed by atoms with Crippen molar-refractivity contribution >= 4 is 17.3 Å². The number of hydrogen-bond acceptors (Lipinski definition) is 12. The number of anilines is 2. The number of benzene rings is 2. The Morgan fingerprint density at radius 2 is 1.02 bits per heavy atom. The van der Waals surface area contributed by atoms with E-state index in [0.29, 0.717) is 105 Å². The van der Waals surface area contributed by atoms with Gasteiger partial charge in [-0.25, -0.2) is 4.79 Å². The fourth-order valence-electron chi connectivity index (χ4n) is 3.79. The summed E-state index contributed by atoms with van der Waals surface area (Å²) in [6.07, 6.45) is -4.47. The molecule has 0 atom stereocenters. The summed E-state index contributed by atoms with van der Waals surface area (Å²) in [5.41, 5.74) is -0.0811. The molecule has 0 saturated heterocycles. The summed E-state index contributed by atoms with van der Waals surface area (Å²) in [4.78, 5) is 12.6. The number of rotatable bonds is 30. The molecular formula is C33H49F3N2O10. The normalized spacial score (nSPS) is 11.6. The number of likely N-dealkylation sites (N-methyl/N-ethyl adjacent to an activating group) is 1. The van der Waals surface area contributed by atoms with Crippen LogP contribution in [0.1, 0.15) is 15.9 Å². The Kier molecular flexibility index (Phi) is 23.3. The van der Waals surface area contributed by atoms with Gasteiger partial charge in [-0.2, -0.15) is 13.2 Å². The van der Waals surface area contributed by atoms with Crippen LogP contribution in [0.5, 0.6) is 0 Å². The van der Waals surface area contributed by atoms with E-state index in [-0.39, 0.29) is 24.5 Å². The fourth-order valence-corrected chi connectivity index (χ4v) is 3.79. The molecule has 2 rings (SSSR count). The lowest BCUT2D eigenvalue weighted by atomic mass is 10.1. The summed E-state index contributed by atoms with van der Waals surface area (Å²) in [5.74, 6) is -0.626. The smallest absolute Gasteiger partial charge is 0.416 e. The predicted octanol–water partition coefficient (Wildman–Crippen LogP) is 3.96. The van der Waals surface area contributed by atoms with Gasteiger partial charge in [0.25, 0.3) is 0 Å². The van der Waals surface area contributed by atoms with Gasteiger partial charge < -0.3 is 53.3 Å². The van der Waals surface area contributed by atoms with Gasteiger partial charge in [0.1, 0.15) is 6.61 Å². The van der Waals surface area contributed by atoms with Crippen LogP contribution in [-0.4, -0.2) is 132 Å². The zero-order valence-electron chi connectivity index (χ0n) is 27.6. The van der Waals surface area contributed by atoms with Crippen LogP contribution in [0.25, 0.3) is 0 Å². The second-order valence-corrected chi connectivity index (χ2v) is 9.89. The summed E-state index contributed by atoms with van der Waals surface area (Å²) >= 11 is 0. The quantitative estimate of drug-likeness (QED) is 0.0912. The molecule has 48 heavy (non-hydrogen) atoms. The highest BCUT2D eigenvalue weighted by molar-refractivity contribution is 5.96. The van der Waals surface area contributed by atoms with Crippen LogP contribution in [0.15, 0.2) is 48.5 Å². The summed E-state index contributed by atoms with van der Waals surface area (Å²) in [5, 5.41) is 5.86. The van der Waals surface area contributed by atoms with Crippen LogP contribution >= 0.6 is 0 Å². The van der Waals surface area contributed by atoms with Crippen molar-refractivity contribution in [2.45, 2.75) is 6.18 Å². The Bertz CT molecular complexity index is 1100. The molecule has 2 N–H and O–H groups in total. The number of ether oxygens (including phenoxy) is 9. The molecule has 0 heterocycles. The number of alkyl halides is 3. The van der Waals surface area contributed by atoms with Gasteiger partial charge in [0.15, 0.2) is 0 Å². The second-order valence-electron chi connectivity index (χ2n) is 9.89. The molecule has 0 aromatic heterocycles. The first-order valence-electron chi connectivity index (χ1n) is 15.9. The van der Waals surface area contributed by atoms with E-state index in [0.717, 1.165) is 18.7 Å². The van der Waals surface area contributed by atoms with E-state index in [1.165, 1.54) is 18.2 Å². The van der Waals surface area contributed by atoms with Crippen molar-refractivity contribution in [3.8, 4) is 0 Å². The third-order valence-corrected chi connectivity index (χ3v) is 6.18. The summed E-state index contributed by atoms with van der Waals surface area (Å²) in [7, 11) is 1.88. The van der Waals surface area contributed by atoms with Crippen molar-refractivity contribution in [2.24, 2.45) is 0 Å². The molecule has 0 saturated carbocycles. The first-order valence-corrected chi connectivity index (χ1v) is 15.9. The number of carbonyl (C=O) groups is 1. The molecule has 0 radical (unpaired) electrons. The molecule has 0 aliphatic heterocycles. The van der Waals surface area contributed by atoms with Crippen LogP contribution in [0.2, 0.25) is 0 Å². The van der Waals surface area contributed by atoms with Crippen LogP contribution < -0.4 is 10.6 Å². The predicted molar refractivity (Wildman–Crippen MR) is 172 cm³/mol. The molecule has 0 fully saturated rings. The zero-order chi connectivity index (χ0) is 34.5. The summed E-state index contributed by atoms with van der Waals surface area (Å²) < 4.78 is 87.7. The highest BCUT2D eigenvalue weighted by Crippen LogP contribution is 2.32. The van der Waals surface area contributed by atoms with Gasteiger partial charge >= 0.3 is 12.1 Å². The lowest BCUT2D eigenvalue weighted by Gasteiger charge is -2.13. The second kappa shape index (κ2) is 27.0. The fraction of sp³-hybridized carbons (Fsp3) is 0.606. The van der Waals surface area contributed by atoms with Crippen molar-refractivity contribution in [1.29, 1.82) is 0 Å². The minimum absolute atomic E-state index is 0.00254. The summed E-state index contributed by atoms with van der Waals surface area (Å²) in [6, 6.07) is 11.1. The zero-order valence-corrected chi connectivity index (χ0v) is 27.6. The highest BCUT2D eigenvalue weighted by atomic mass is 19.4. The lowest BCUT2D eigenvalue weighted by Crippen LogP contribution is -2.17. The van der Waals surface area contributed by atoms with Crippen molar-refractivity contribution in [3.63, 3.8) is 0 Å². The molecular weight excluding hydrogens is 641 g/mol. The minimum atomic E-state index is -4.47. The number of carbonyl (C=O) groups excluding carboxylic acids is 1. The lowest BCUT2D eigenvalue weighted by molar-refractivity contribution is -0.137. The molecule has 12 nitrogen and oxygen atoms in total. The van der Waals surface area contributed by atoms with Crippen LogP contribution in [-0.2, 0) is 48.8 Å². The van der Waals surface area contributed by atoms with Crippen molar-refractivity contribution < 1.29 is 60.6 Å². The number of esters is 1. The molecule has 0 bridgehead atoms. The molecule has 0 aliphatic carbocycles. The van der Waals surface area contributed by atoms with Gasteiger partial charge in [-0.3, -0.25) is 0 Å². The first kappa shape index (κ1) is 41.3. The number of halogens is 3. The summed E-state index contributed by atoms with van der Waals surface area (Å²) in [6.45, 7) is 8.08. The Hall–Kier alpha value is -2.86. The molecule has 15 heteroatoms. The SMILES string of the molecule is CNCCOCCOCCOCCOCCOCCOCCOCCOCCOC(=O)c1ccccc1Nc1cccc(C(F)(F)F)c1. The first-order chi connectivity index (χ1) is 23.4. The largest absolute Gasteiger partial charge is 0.460 e. The van der Waals surface area contributed by atoms with E-state index in [1.54, 1.807) is 18.2 Å². The Morgan fingerprint density at radius 1 is 0.583 bits per heavy atom.